The third-order valence-corrected chi connectivity index (χ3v) is 4.67. The van der Waals surface area contributed by atoms with Crippen molar-refractivity contribution in [3.05, 3.63) is 34.9 Å². The van der Waals surface area contributed by atoms with Crippen LogP contribution in [0.1, 0.15) is 38.1 Å². The van der Waals surface area contributed by atoms with E-state index in [1.807, 2.05) is 19.1 Å². The summed E-state index contributed by atoms with van der Waals surface area (Å²) in [6, 6.07) is 7.16. The molecule has 2 unspecified atom stereocenters. The molecule has 0 aromatic heterocycles. The number of rotatable bonds is 5. The number of halogens is 1. The van der Waals surface area contributed by atoms with E-state index in [1.165, 1.54) is 0 Å². The molecule has 1 aromatic rings. The van der Waals surface area contributed by atoms with Gasteiger partial charge in [-0.15, -0.1) is 11.8 Å². The van der Waals surface area contributed by atoms with E-state index in [2.05, 4.69) is 20.8 Å². The van der Waals surface area contributed by atoms with Crippen LogP contribution in [0, 0.1) is 5.92 Å². The number of hydrogen-bond donors (Lipinski definition) is 0. The lowest BCUT2D eigenvalue weighted by molar-refractivity contribution is 0.0993. The molecule has 2 atom stereocenters. The molecule has 0 amide bonds. The van der Waals surface area contributed by atoms with Gasteiger partial charge < -0.3 is 0 Å². The molecule has 0 bridgehead atoms. The number of carbonyl (C=O) groups is 1. The predicted molar refractivity (Wildman–Crippen MR) is 77.1 cm³/mol. The van der Waals surface area contributed by atoms with Crippen LogP contribution in [0.2, 0.25) is 5.02 Å². The molecular weight excluding hydrogens is 252 g/mol. The van der Waals surface area contributed by atoms with Gasteiger partial charge in [0.15, 0.2) is 5.78 Å². The van der Waals surface area contributed by atoms with Gasteiger partial charge in [-0.1, -0.05) is 44.5 Å². The minimum Gasteiger partial charge on any atom is -0.293 e. The zero-order valence-electron chi connectivity index (χ0n) is 10.7. The molecule has 1 aromatic carbocycles. The Labute approximate surface area is 113 Å². The Morgan fingerprint density at radius 2 is 1.88 bits per heavy atom. The van der Waals surface area contributed by atoms with Crippen molar-refractivity contribution >= 4 is 29.1 Å². The maximum absolute atomic E-state index is 12.2. The molecule has 0 saturated heterocycles. The third kappa shape index (κ3) is 4.36. The summed E-state index contributed by atoms with van der Waals surface area (Å²) < 4.78 is 0. The van der Waals surface area contributed by atoms with E-state index in [9.17, 15) is 4.79 Å². The highest BCUT2D eigenvalue weighted by atomic mass is 35.5. The minimum absolute atomic E-state index is 0.0223. The summed E-state index contributed by atoms with van der Waals surface area (Å²) in [6.07, 6.45) is 0. The van der Waals surface area contributed by atoms with Crippen molar-refractivity contribution in [2.24, 2.45) is 5.92 Å². The standard InChI is InChI=1S/C14H19ClOS/c1-9(2)10(3)17-11(4)14(16)12-6-5-7-13(15)8-12/h5-11H,1-4H3. The van der Waals surface area contributed by atoms with Crippen LogP contribution in [0.4, 0.5) is 0 Å². The molecule has 1 rings (SSSR count). The van der Waals surface area contributed by atoms with Gasteiger partial charge >= 0.3 is 0 Å². The van der Waals surface area contributed by atoms with Crippen molar-refractivity contribution in [3.63, 3.8) is 0 Å². The highest BCUT2D eigenvalue weighted by molar-refractivity contribution is 8.01. The Morgan fingerprint density at radius 3 is 2.41 bits per heavy atom. The van der Waals surface area contributed by atoms with E-state index in [0.29, 0.717) is 21.8 Å². The predicted octanol–water partition coefficient (Wildman–Crippen LogP) is 4.69. The molecule has 3 heteroatoms. The number of hydrogen-bond acceptors (Lipinski definition) is 2. The lowest BCUT2D eigenvalue weighted by atomic mass is 10.1. The van der Waals surface area contributed by atoms with E-state index >= 15 is 0 Å². The van der Waals surface area contributed by atoms with Crippen molar-refractivity contribution in [1.29, 1.82) is 0 Å². The first-order valence-corrected chi connectivity index (χ1v) is 7.19. The van der Waals surface area contributed by atoms with Crippen LogP contribution in [0.5, 0.6) is 0 Å². The van der Waals surface area contributed by atoms with Crippen LogP contribution in [0.15, 0.2) is 24.3 Å². The second-order valence-corrected chi connectivity index (χ2v) is 6.76. The molecule has 0 spiro atoms. The van der Waals surface area contributed by atoms with E-state index in [-0.39, 0.29) is 11.0 Å². The average molecular weight is 271 g/mol. The first-order valence-electron chi connectivity index (χ1n) is 5.87. The van der Waals surface area contributed by atoms with Gasteiger partial charge in [0.05, 0.1) is 5.25 Å². The number of carbonyl (C=O) groups excluding carboxylic acids is 1. The minimum atomic E-state index is -0.0223. The molecule has 0 fully saturated rings. The normalized spacial score (nSPS) is 14.7. The molecule has 0 N–H and O–H groups in total. The fourth-order valence-electron chi connectivity index (χ4n) is 1.42. The van der Waals surface area contributed by atoms with E-state index in [0.717, 1.165) is 0 Å². The topological polar surface area (TPSA) is 17.1 Å². The fraction of sp³-hybridized carbons (Fsp3) is 0.500. The van der Waals surface area contributed by atoms with E-state index < -0.39 is 0 Å². The van der Waals surface area contributed by atoms with Crippen molar-refractivity contribution in [3.8, 4) is 0 Å². The Balaban J connectivity index is 2.70. The van der Waals surface area contributed by atoms with Gasteiger partial charge in [-0.05, 0) is 25.0 Å². The molecule has 0 aliphatic heterocycles. The lowest BCUT2D eigenvalue weighted by Gasteiger charge is -2.19. The van der Waals surface area contributed by atoms with Crippen LogP contribution in [0.3, 0.4) is 0 Å². The number of thioether (sulfide) groups is 1. The molecule has 0 heterocycles. The van der Waals surface area contributed by atoms with Crippen molar-refractivity contribution < 1.29 is 4.79 Å². The highest BCUT2D eigenvalue weighted by Crippen LogP contribution is 2.26. The largest absolute Gasteiger partial charge is 0.293 e. The summed E-state index contributed by atoms with van der Waals surface area (Å²) in [7, 11) is 0. The van der Waals surface area contributed by atoms with Gasteiger partial charge in [-0.3, -0.25) is 4.79 Å². The zero-order chi connectivity index (χ0) is 13.0. The average Bonchev–Trinajstić information content (AvgIpc) is 2.27. The number of Topliss-reactive ketones (excluding diaryl/α,β-unsaturated/α-hetero) is 1. The summed E-state index contributed by atoms with van der Waals surface area (Å²) in [5, 5.41) is 1.07. The highest BCUT2D eigenvalue weighted by Gasteiger charge is 2.20. The molecule has 0 aliphatic carbocycles. The van der Waals surface area contributed by atoms with Crippen LogP contribution in [-0.2, 0) is 0 Å². The van der Waals surface area contributed by atoms with Crippen LogP contribution < -0.4 is 0 Å². The lowest BCUT2D eigenvalue weighted by Crippen LogP contribution is -2.19. The van der Waals surface area contributed by atoms with Crippen molar-refractivity contribution in [2.75, 3.05) is 0 Å². The SMILES string of the molecule is CC(SC(C)C(C)C)C(=O)c1cccc(Cl)c1. The molecule has 17 heavy (non-hydrogen) atoms. The zero-order valence-corrected chi connectivity index (χ0v) is 12.3. The Morgan fingerprint density at radius 1 is 1.24 bits per heavy atom. The van der Waals surface area contributed by atoms with Gasteiger partial charge in [-0.2, -0.15) is 0 Å². The van der Waals surface area contributed by atoms with Crippen LogP contribution in [-0.4, -0.2) is 16.3 Å². The van der Waals surface area contributed by atoms with Gasteiger partial charge in [0.2, 0.25) is 0 Å². The Bertz CT molecular complexity index is 390. The van der Waals surface area contributed by atoms with Crippen molar-refractivity contribution in [1.82, 2.24) is 0 Å². The van der Waals surface area contributed by atoms with Gasteiger partial charge in [0.25, 0.3) is 0 Å². The third-order valence-electron chi connectivity index (χ3n) is 2.84. The molecule has 0 aliphatic rings. The number of ketones is 1. The summed E-state index contributed by atoms with van der Waals surface area (Å²) in [5.74, 6) is 0.736. The monoisotopic (exact) mass is 270 g/mol. The first kappa shape index (κ1) is 14.6. The number of benzene rings is 1. The molecular formula is C14H19ClOS. The second-order valence-electron chi connectivity index (χ2n) is 4.60. The molecule has 94 valence electrons. The van der Waals surface area contributed by atoms with E-state index in [1.54, 1.807) is 23.9 Å². The first-order chi connectivity index (χ1) is 7.91. The quantitative estimate of drug-likeness (QED) is 0.722. The fourth-order valence-corrected chi connectivity index (χ4v) is 2.83. The molecule has 0 saturated carbocycles. The summed E-state index contributed by atoms with van der Waals surface area (Å²) >= 11 is 7.61. The maximum atomic E-state index is 12.2. The summed E-state index contributed by atoms with van der Waals surface area (Å²) in [5.41, 5.74) is 0.702. The van der Waals surface area contributed by atoms with Gasteiger partial charge in [0, 0.05) is 15.8 Å². The van der Waals surface area contributed by atoms with Crippen LogP contribution >= 0.6 is 23.4 Å². The Hall–Kier alpha value is -0.470. The maximum Gasteiger partial charge on any atom is 0.175 e. The molecule has 1 nitrogen and oxygen atoms in total. The molecule has 0 radical (unpaired) electrons. The summed E-state index contributed by atoms with van der Waals surface area (Å²) in [4.78, 5) is 12.2. The summed E-state index contributed by atoms with van der Waals surface area (Å²) in [6.45, 7) is 8.48. The van der Waals surface area contributed by atoms with E-state index in [4.69, 9.17) is 11.6 Å². The van der Waals surface area contributed by atoms with Crippen LogP contribution in [0.25, 0.3) is 0 Å². The van der Waals surface area contributed by atoms with Gasteiger partial charge in [0.1, 0.15) is 0 Å². The second kappa shape index (κ2) is 6.46. The van der Waals surface area contributed by atoms with Crippen molar-refractivity contribution in [2.45, 2.75) is 38.2 Å². The van der Waals surface area contributed by atoms with Gasteiger partial charge in [-0.25, -0.2) is 0 Å². The smallest absolute Gasteiger partial charge is 0.175 e. The Kier molecular flexibility index (Phi) is 5.54.